The van der Waals surface area contributed by atoms with Gasteiger partial charge in [-0.05, 0) is 48.6 Å². The van der Waals surface area contributed by atoms with E-state index in [1.54, 1.807) is 7.11 Å². The molecule has 0 bridgehead atoms. The second kappa shape index (κ2) is 8.37. The minimum Gasteiger partial charge on any atom is -0.496 e. The Morgan fingerprint density at radius 2 is 1.92 bits per heavy atom. The number of carbonyl (C=O) groups excluding carboxylic acids is 1. The molecule has 0 spiro atoms. The first kappa shape index (κ1) is 18.5. The Labute approximate surface area is 155 Å². The Morgan fingerprint density at radius 3 is 2.58 bits per heavy atom. The summed E-state index contributed by atoms with van der Waals surface area (Å²) in [6.07, 6.45) is 4.11. The van der Waals surface area contributed by atoms with Crippen LogP contribution in [0.5, 0.6) is 5.75 Å². The van der Waals surface area contributed by atoms with Gasteiger partial charge in [0.25, 0.3) is 0 Å². The topological polar surface area (TPSA) is 47.6 Å². The van der Waals surface area contributed by atoms with Gasteiger partial charge in [0, 0.05) is 18.2 Å². The molecule has 138 valence electrons. The molecule has 0 aliphatic heterocycles. The quantitative estimate of drug-likeness (QED) is 0.764. The van der Waals surface area contributed by atoms with E-state index in [2.05, 4.69) is 30.4 Å². The summed E-state index contributed by atoms with van der Waals surface area (Å²) in [4.78, 5) is 11.6. The highest BCUT2D eigenvalue weighted by molar-refractivity contribution is 5.77. The van der Waals surface area contributed by atoms with Crippen LogP contribution in [0.15, 0.2) is 36.4 Å². The fourth-order valence-corrected chi connectivity index (χ4v) is 3.31. The molecule has 0 saturated heterocycles. The van der Waals surface area contributed by atoms with Gasteiger partial charge in [-0.25, -0.2) is 0 Å². The molecular weight excluding hydrogens is 326 g/mol. The summed E-state index contributed by atoms with van der Waals surface area (Å²) in [5.41, 5.74) is 5.57. The van der Waals surface area contributed by atoms with Crippen LogP contribution in [0.4, 0.5) is 0 Å². The molecule has 0 atom stereocenters. The molecule has 26 heavy (non-hydrogen) atoms. The molecule has 1 N–H and O–H groups in total. The van der Waals surface area contributed by atoms with Crippen LogP contribution in [0, 0.1) is 6.92 Å². The van der Waals surface area contributed by atoms with Crippen LogP contribution in [-0.4, -0.2) is 26.2 Å². The Balaban J connectivity index is 1.95. The highest BCUT2D eigenvalue weighted by atomic mass is 16.5. The summed E-state index contributed by atoms with van der Waals surface area (Å²) in [7, 11) is 3.09. The zero-order valence-corrected chi connectivity index (χ0v) is 15.8. The maximum atomic E-state index is 11.6. The standard InChI is InChI=1S/C22H27NO3/c1-15-7-9-19(17(11-15)14-23-18-5-4-6-18)20-12-16(13-22(24)26-3)8-10-21(20)25-2/h7-12,18,23H,4-6,13-14H2,1-3H3. The van der Waals surface area contributed by atoms with E-state index in [0.717, 1.165) is 29.0 Å². The first-order valence-corrected chi connectivity index (χ1v) is 9.17. The van der Waals surface area contributed by atoms with Crippen LogP contribution in [0.2, 0.25) is 0 Å². The number of methoxy groups -OCH3 is 2. The molecule has 1 aliphatic rings. The molecule has 4 nitrogen and oxygen atoms in total. The van der Waals surface area contributed by atoms with Crippen molar-refractivity contribution < 1.29 is 14.3 Å². The third kappa shape index (κ3) is 4.25. The maximum Gasteiger partial charge on any atom is 0.309 e. The third-order valence-corrected chi connectivity index (χ3v) is 5.08. The lowest BCUT2D eigenvalue weighted by molar-refractivity contribution is -0.139. The number of rotatable bonds is 7. The highest BCUT2D eigenvalue weighted by Crippen LogP contribution is 2.34. The van der Waals surface area contributed by atoms with E-state index in [-0.39, 0.29) is 12.4 Å². The van der Waals surface area contributed by atoms with Crippen LogP contribution in [0.25, 0.3) is 11.1 Å². The van der Waals surface area contributed by atoms with Crippen molar-refractivity contribution in [2.45, 2.75) is 45.2 Å². The summed E-state index contributed by atoms with van der Waals surface area (Å²) in [6.45, 7) is 2.95. The fraction of sp³-hybridized carbons (Fsp3) is 0.409. The molecular formula is C22H27NO3. The highest BCUT2D eigenvalue weighted by Gasteiger charge is 2.18. The third-order valence-electron chi connectivity index (χ3n) is 5.08. The Kier molecular flexibility index (Phi) is 5.94. The predicted octanol–water partition coefficient (Wildman–Crippen LogP) is 4.03. The molecule has 3 rings (SSSR count). The van der Waals surface area contributed by atoms with E-state index < -0.39 is 0 Å². The lowest BCUT2D eigenvalue weighted by Gasteiger charge is -2.27. The molecule has 2 aromatic rings. The van der Waals surface area contributed by atoms with Gasteiger partial charge >= 0.3 is 5.97 Å². The number of carbonyl (C=O) groups is 1. The van der Waals surface area contributed by atoms with Crippen molar-refractivity contribution in [3.63, 3.8) is 0 Å². The van der Waals surface area contributed by atoms with E-state index in [1.165, 1.54) is 37.5 Å². The number of ether oxygens (including phenoxy) is 2. The molecule has 1 fully saturated rings. The van der Waals surface area contributed by atoms with Crippen LogP contribution in [0.3, 0.4) is 0 Å². The summed E-state index contributed by atoms with van der Waals surface area (Å²) in [6, 6.07) is 13.0. The van der Waals surface area contributed by atoms with Crippen molar-refractivity contribution in [1.82, 2.24) is 5.32 Å². The van der Waals surface area contributed by atoms with Crippen molar-refractivity contribution >= 4 is 5.97 Å². The van der Waals surface area contributed by atoms with Crippen molar-refractivity contribution in [2.24, 2.45) is 0 Å². The lowest BCUT2D eigenvalue weighted by Crippen LogP contribution is -2.34. The lowest BCUT2D eigenvalue weighted by atomic mass is 9.91. The maximum absolute atomic E-state index is 11.6. The second-order valence-corrected chi connectivity index (χ2v) is 6.96. The van der Waals surface area contributed by atoms with Gasteiger partial charge < -0.3 is 14.8 Å². The van der Waals surface area contributed by atoms with E-state index in [0.29, 0.717) is 6.04 Å². The largest absolute Gasteiger partial charge is 0.496 e. The van der Waals surface area contributed by atoms with Crippen LogP contribution in [-0.2, 0) is 22.5 Å². The number of hydrogen-bond acceptors (Lipinski definition) is 4. The van der Waals surface area contributed by atoms with Gasteiger partial charge in [0.2, 0.25) is 0 Å². The Hall–Kier alpha value is -2.33. The van der Waals surface area contributed by atoms with Gasteiger partial charge in [0.15, 0.2) is 0 Å². The normalized spacial score (nSPS) is 14.0. The molecule has 0 aromatic heterocycles. The van der Waals surface area contributed by atoms with Gasteiger partial charge in [0.1, 0.15) is 5.75 Å². The van der Waals surface area contributed by atoms with Crippen molar-refractivity contribution in [2.75, 3.05) is 14.2 Å². The molecule has 0 radical (unpaired) electrons. The van der Waals surface area contributed by atoms with E-state index in [1.807, 2.05) is 18.2 Å². The van der Waals surface area contributed by atoms with Gasteiger partial charge in [-0.2, -0.15) is 0 Å². The van der Waals surface area contributed by atoms with Crippen molar-refractivity contribution in [3.05, 3.63) is 53.1 Å². The monoisotopic (exact) mass is 353 g/mol. The first-order valence-electron chi connectivity index (χ1n) is 9.17. The minimum atomic E-state index is -0.239. The number of hydrogen-bond donors (Lipinski definition) is 1. The molecule has 0 unspecified atom stereocenters. The van der Waals surface area contributed by atoms with E-state index in [9.17, 15) is 4.79 Å². The summed E-state index contributed by atoms with van der Waals surface area (Å²) in [5, 5.41) is 3.65. The number of aryl methyl sites for hydroxylation is 1. The van der Waals surface area contributed by atoms with Crippen LogP contribution < -0.4 is 10.1 Å². The second-order valence-electron chi connectivity index (χ2n) is 6.96. The zero-order valence-electron chi connectivity index (χ0n) is 15.8. The molecule has 0 amide bonds. The summed E-state index contributed by atoms with van der Waals surface area (Å²) in [5.74, 6) is 0.573. The van der Waals surface area contributed by atoms with Crippen molar-refractivity contribution in [1.29, 1.82) is 0 Å². The van der Waals surface area contributed by atoms with E-state index in [4.69, 9.17) is 9.47 Å². The van der Waals surface area contributed by atoms with E-state index >= 15 is 0 Å². The molecule has 4 heteroatoms. The van der Waals surface area contributed by atoms with Gasteiger partial charge in [-0.15, -0.1) is 0 Å². The predicted molar refractivity (Wildman–Crippen MR) is 103 cm³/mol. The SMILES string of the molecule is COC(=O)Cc1ccc(OC)c(-c2ccc(C)cc2CNC2CCC2)c1. The average Bonchev–Trinajstić information content (AvgIpc) is 2.60. The number of nitrogens with one attached hydrogen (secondary N) is 1. The molecule has 0 heterocycles. The zero-order chi connectivity index (χ0) is 18.5. The average molecular weight is 353 g/mol. The Morgan fingerprint density at radius 1 is 1.12 bits per heavy atom. The van der Waals surface area contributed by atoms with Crippen molar-refractivity contribution in [3.8, 4) is 16.9 Å². The van der Waals surface area contributed by atoms with Crippen LogP contribution >= 0.6 is 0 Å². The first-order chi connectivity index (χ1) is 12.6. The summed E-state index contributed by atoms with van der Waals surface area (Å²) < 4.78 is 10.4. The molecule has 1 aliphatic carbocycles. The molecule has 1 saturated carbocycles. The Bertz CT molecular complexity index is 781. The number of esters is 1. The summed E-state index contributed by atoms with van der Waals surface area (Å²) >= 11 is 0. The van der Waals surface area contributed by atoms with Gasteiger partial charge in [-0.1, -0.05) is 36.2 Å². The van der Waals surface area contributed by atoms with Gasteiger partial charge in [0.05, 0.1) is 20.6 Å². The molecule has 2 aromatic carbocycles. The minimum absolute atomic E-state index is 0.239. The van der Waals surface area contributed by atoms with Gasteiger partial charge in [-0.3, -0.25) is 4.79 Å². The fourth-order valence-electron chi connectivity index (χ4n) is 3.31. The number of benzene rings is 2. The smallest absolute Gasteiger partial charge is 0.309 e. The van der Waals surface area contributed by atoms with Crippen LogP contribution in [0.1, 0.15) is 36.0 Å².